The first kappa shape index (κ1) is 16.3. The Morgan fingerprint density at radius 2 is 2.15 bits per heavy atom. The van der Waals surface area contributed by atoms with Gasteiger partial charge in [0.2, 0.25) is 5.95 Å². The van der Waals surface area contributed by atoms with Crippen molar-refractivity contribution in [2.75, 3.05) is 19.7 Å². The summed E-state index contributed by atoms with van der Waals surface area (Å²) in [5.74, 6) is -0.0963. The first-order chi connectivity index (χ1) is 12.7. The lowest BCUT2D eigenvalue weighted by Crippen LogP contribution is -2.42. The maximum atomic E-state index is 13.1. The number of pyridine rings is 1. The fraction of sp³-hybridized carbons (Fsp3) is 0.211. The summed E-state index contributed by atoms with van der Waals surface area (Å²) in [7, 11) is 0. The van der Waals surface area contributed by atoms with Gasteiger partial charge in [0.1, 0.15) is 18.5 Å². The third-order valence-corrected chi connectivity index (χ3v) is 4.31. The van der Waals surface area contributed by atoms with Crippen molar-refractivity contribution in [3.63, 3.8) is 0 Å². The number of rotatable bonds is 3. The molecule has 3 heterocycles. The van der Waals surface area contributed by atoms with Crippen LogP contribution in [0, 0.1) is 5.95 Å². The van der Waals surface area contributed by atoms with Gasteiger partial charge in [0.15, 0.2) is 0 Å². The fourth-order valence-corrected chi connectivity index (χ4v) is 2.98. The number of allylic oxidation sites excluding steroid dienone is 1. The summed E-state index contributed by atoms with van der Waals surface area (Å²) in [5, 5.41) is 3.12. The summed E-state index contributed by atoms with van der Waals surface area (Å²) in [6.07, 6.45) is 6.61. The summed E-state index contributed by atoms with van der Waals surface area (Å²) < 4.78 is 18.8. The van der Waals surface area contributed by atoms with Gasteiger partial charge in [-0.05, 0) is 42.1 Å². The van der Waals surface area contributed by atoms with Gasteiger partial charge in [-0.1, -0.05) is 6.07 Å². The number of ether oxygens (including phenoxy) is 1. The predicted molar refractivity (Wildman–Crippen MR) is 95.6 cm³/mol. The lowest BCUT2D eigenvalue weighted by molar-refractivity contribution is 0.0742. The van der Waals surface area contributed by atoms with Crippen LogP contribution in [0.1, 0.15) is 10.4 Å². The molecule has 2 aliphatic rings. The minimum absolute atomic E-state index is 0.110. The number of amides is 1. The molecule has 1 unspecified atom stereocenters. The van der Waals surface area contributed by atoms with Crippen LogP contribution in [0.4, 0.5) is 4.39 Å². The molecule has 2 aromatic rings. The van der Waals surface area contributed by atoms with Gasteiger partial charge in [-0.2, -0.15) is 4.39 Å². The Kier molecular flexibility index (Phi) is 4.35. The molecule has 1 aromatic carbocycles. The Morgan fingerprint density at radius 3 is 2.92 bits per heavy atom. The number of nitrogens with one attached hydrogen (secondary N) is 1. The predicted octanol–water partition coefficient (Wildman–Crippen LogP) is 2.24. The van der Waals surface area contributed by atoms with Crippen LogP contribution >= 0.6 is 0 Å². The largest absolute Gasteiger partial charge is 0.491 e. The van der Waals surface area contributed by atoms with Gasteiger partial charge >= 0.3 is 0 Å². The number of carbonyl (C=O) groups is 1. The standard InChI is InChI=1S/C19H17FN4O2/c20-17-5-3-14(11-23-17)13-2-4-16-15(10-13)19(25)24(8-9-26-16)12-18-21-6-1-7-22-18/h1-7,10-11,18,21H,8-9,12H2. The maximum Gasteiger partial charge on any atom is 0.257 e. The van der Waals surface area contributed by atoms with Crippen LogP contribution in [0.15, 0.2) is 53.8 Å². The third-order valence-electron chi connectivity index (χ3n) is 4.31. The van der Waals surface area contributed by atoms with Crippen molar-refractivity contribution in [1.29, 1.82) is 0 Å². The van der Waals surface area contributed by atoms with E-state index in [1.54, 1.807) is 29.3 Å². The summed E-state index contributed by atoms with van der Waals surface area (Å²) >= 11 is 0. The smallest absolute Gasteiger partial charge is 0.257 e. The van der Waals surface area contributed by atoms with Gasteiger partial charge in [0.25, 0.3) is 5.91 Å². The molecule has 1 N–H and O–H groups in total. The molecule has 1 atom stereocenters. The highest BCUT2D eigenvalue weighted by atomic mass is 19.1. The van der Waals surface area contributed by atoms with E-state index in [-0.39, 0.29) is 12.1 Å². The topological polar surface area (TPSA) is 66.8 Å². The SMILES string of the molecule is O=C1c2cc(-c3ccc(F)nc3)ccc2OCCN1CC1N=CC=CN1. The summed E-state index contributed by atoms with van der Waals surface area (Å²) in [4.78, 5) is 22.7. The van der Waals surface area contributed by atoms with E-state index < -0.39 is 5.95 Å². The van der Waals surface area contributed by atoms with Crippen molar-refractivity contribution in [3.05, 3.63) is 60.3 Å². The van der Waals surface area contributed by atoms with E-state index >= 15 is 0 Å². The lowest BCUT2D eigenvalue weighted by Gasteiger charge is -2.25. The number of carbonyl (C=O) groups excluding carboxylic acids is 1. The number of hydrogen-bond donors (Lipinski definition) is 1. The van der Waals surface area contributed by atoms with Gasteiger partial charge in [-0.3, -0.25) is 9.79 Å². The summed E-state index contributed by atoms with van der Waals surface area (Å²) in [6, 6.07) is 8.31. The average Bonchev–Trinajstić information content (AvgIpc) is 2.82. The molecule has 0 saturated heterocycles. The number of aliphatic imine (C=N–C) groups is 1. The Balaban J connectivity index is 1.62. The molecular formula is C19H17FN4O2. The van der Waals surface area contributed by atoms with Crippen LogP contribution in [0.3, 0.4) is 0 Å². The van der Waals surface area contributed by atoms with Crippen molar-refractivity contribution in [2.24, 2.45) is 4.99 Å². The molecule has 0 aliphatic carbocycles. The van der Waals surface area contributed by atoms with E-state index in [9.17, 15) is 9.18 Å². The zero-order chi connectivity index (χ0) is 17.9. The van der Waals surface area contributed by atoms with E-state index in [0.717, 1.165) is 11.1 Å². The van der Waals surface area contributed by atoms with E-state index in [4.69, 9.17) is 4.74 Å². The van der Waals surface area contributed by atoms with E-state index in [2.05, 4.69) is 15.3 Å². The molecule has 0 bridgehead atoms. The van der Waals surface area contributed by atoms with Crippen molar-refractivity contribution in [1.82, 2.24) is 15.2 Å². The highest BCUT2D eigenvalue weighted by molar-refractivity contribution is 5.98. The number of nitrogens with zero attached hydrogens (tertiary/aromatic N) is 3. The number of hydrogen-bond acceptors (Lipinski definition) is 5. The Hall–Kier alpha value is -3.22. The zero-order valence-corrected chi connectivity index (χ0v) is 13.9. The number of benzene rings is 1. The summed E-state index contributed by atoms with van der Waals surface area (Å²) in [6.45, 7) is 1.35. The van der Waals surface area contributed by atoms with Gasteiger partial charge in [0, 0.05) is 18.0 Å². The molecular weight excluding hydrogens is 335 g/mol. The van der Waals surface area contributed by atoms with Crippen LogP contribution in [0.2, 0.25) is 0 Å². The molecule has 0 radical (unpaired) electrons. The van der Waals surface area contributed by atoms with Crippen molar-refractivity contribution in [3.8, 4) is 16.9 Å². The van der Waals surface area contributed by atoms with Crippen LogP contribution in [-0.2, 0) is 0 Å². The Morgan fingerprint density at radius 1 is 1.27 bits per heavy atom. The van der Waals surface area contributed by atoms with Gasteiger partial charge in [-0.15, -0.1) is 0 Å². The van der Waals surface area contributed by atoms with Crippen LogP contribution in [0.5, 0.6) is 5.75 Å². The molecule has 6 nitrogen and oxygen atoms in total. The summed E-state index contributed by atoms with van der Waals surface area (Å²) in [5.41, 5.74) is 2.01. The van der Waals surface area contributed by atoms with E-state index in [1.807, 2.05) is 18.3 Å². The molecule has 2 aliphatic heterocycles. The van der Waals surface area contributed by atoms with Crippen LogP contribution in [-0.4, -0.2) is 47.9 Å². The highest BCUT2D eigenvalue weighted by Gasteiger charge is 2.26. The highest BCUT2D eigenvalue weighted by Crippen LogP contribution is 2.29. The lowest BCUT2D eigenvalue weighted by atomic mass is 10.0. The molecule has 7 heteroatoms. The first-order valence-electron chi connectivity index (χ1n) is 8.33. The molecule has 4 rings (SSSR count). The van der Waals surface area contributed by atoms with Crippen molar-refractivity contribution >= 4 is 12.1 Å². The van der Waals surface area contributed by atoms with Gasteiger partial charge < -0.3 is 15.0 Å². The quantitative estimate of drug-likeness (QED) is 0.861. The monoisotopic (exact) mass is 352 g/mol. The minimum Gasteiger partial charge on any atom is -0.491 e. The zero-order valence-electron chi connectivity index (χ0n) is 13.9. The Labute approximate surface area is 150 Å². The van der Waals surface area contributed by atoms with Crippen LogP contribution < -0.4 is 10.1 Å². The van der Waals surface area contributed by atoms with E-state index in [0.29, 0.717) is 31.0 Å². The Bertz CT molecular complexity index is 880. The second kappa shape index (κ2) is 6.95. The second-order valence-electron chi connectivity index (χ2n) is 6.02. The molecule has 1 aromatic heterocycles. The van der Waals surface area contributed by atoms with Gasteiger partial charge in [-0.25, -0.2) is 4.98 Å². The van der Waals surface area contributed by atoms with Crippen LogP contribution in [0.25, 0.3) is 11.1 Å². The fourth-order valence-electron chi connectivity index (χ4n) is 2.98. The van der Waals surface area contributed by atoms with E-state index in [1.165, 1.54) is 12.3 Å². The average molecular weight is 352 g/mol. The molecule has 0 fully saturated rings. The first-order valence-corrected chi connectivity index (χ1v) is 8.33. The number of fused-ring (bicyclic) bond motifs is 1. The maximum absolute atomic E-state index is 13.1. The normalized spacial score (nSPS) is 18.7. The van der Waals surface area contributed by atoms with Gasteiger partial charge in [0.05, 0.1) is 18.7 Å². The van der Waals surface area contributed by atoms with Crippen molar-refractivity contribution in [2.45, 2.75) is 6.17 Å². The van der Waals surface area contributed by atoms with Crippen molar-refractivity contribution < 1.29 is 13.9 Å². The number of aromatic nitrogens is 1. The second-order valence-corrected chi connectivity index (χ2v) is 6.02. The molecule has 132 valence electrons. The molecule has 26 heavy (non-hydrogen) atoms. The molecule has 0 saturated carbocycles. The molecule has 0 spiro atoms. The number of halogens is 1. The molecule has 1 amide bonds. The third kappa shape index (κ3) is 3.28. The minimum atomic E-state index is -0.538.